The van der Waals surface area contributed by atoms with Gasteiger partial charge in [0.2, 0.25) is 0 Å². The van der Waals surface area contributed by atoms with Crippen LogP contribution in [-0.2, 0) is 6.42 Å². The molecular weight excluding hydrogens is 250 g/mol. The number of hydrogen-bond donors (Lipinski definition) is 0. The second-order valence-corrected chi connectivity index (χ2v) is 4.84. The normalized spacial score (nSPS) is 13.9. The molecule has 104 valence electrons. The van der Waals surface area contributed by atoms with Crippen LogP contribution in [0.1, 0.15) is 30.4 Å². The summed E-state index contributed by atoms with van der Waals surface area (Å²) in [4.78, 5) is 2.91. The van der Waals surface area contributed by atoms with E-state index in [0.29, 0.717) is 0 Å². The molecule has 0 saturated carbocycles. The van der Waals surface area contributed by atoms with Gasteiger partial charge in [0.15, 0.2) is 0 Å². The van der Waals surface area contributed by atoms with Crippen LogP contribution in [0.2, 0.25) is 0 Å². The third-order valence-corrected chi connectivity index (χ3v) is 3.65. The topological polar surface area (TPSA) is 58.0 Å². The van der Waals surface area contributed by atoms with Crippen LogP contribution in [0.25, 0.3) is 16.0 Å². The minimum atomic E-state index is -0.00643. The number of allylic oxidation sites excluding steroid dienone is 2. The zero-order chi connectivity index (χ0) is 14.4. The Labute approximate surface area is 119 Å². The molecule has 20 heavy (non-hydrogen) atoms. The van der Waals surface area contributed by atoms with E-state index < -0.39 is 0 Å². The van der Waals surface area contributed by atoms with Crippen LogP contribution in [0.15, 0.2) is 42.0 Å². The van der Waals surface area contributed by atoms with Gasteiger partial charge in [-0.2, -0.15) is 0 Å². The Morgan fingerprint density at radius 2 is 2.40 bits per heavy atom. The van der Waals surface area contributed by atoms with Crippen molar-refractivity contribution in [3.63, 3.8) is 0 Å². The highest BCUT2D eigenvalue weighted by atomic mass is 16.5. The third-order valence-electron chi connectivity index (χ3n) is 3.65. The minimum absolute atomic E-state index is 0.00643. The highest BCUT2D eigenvalue weighted by Crippen LogP contribution is 2.36. The van der Waals surface area contributed by atoms with Crippen molar-refractivity contribution in [2.45, 2.75) is 31.7 Å². The van der Waals surface area contributed by atoms with Gasteiger partial charge in [0.05, 0.1) is 7.11 Å². The average molecular weight is 269 g/mol. The van der Waals surface area contributed by atoms with E-state index in [2.05, 4.69) is 28.7 Å². The molecule has 2 rings (SSSR count). The summed E-state index contributed by atoms with van der Waals surface area (Å²) in [6, 6.07) is 6.14. The molecule has 1 unspecified atom stereocenters. The van der Waals surface area contributed by atoms with Crippen molar-refractivity contribution < 1.29 is 4.74 Å². The van der Waals surface area contributed by atoms with Gasteiger partial charge in [0.1, 0.15) is 5.75 Å². The molecule has 0 aliphatic heterocycles. The van der Waals surface area contributed by atoms with Crippen LogP contribution >= 0.6 is 0 Å². The molecule has 4 heteroatoms. The van der Waals surface area contributed by atoms with Gasteiger partial charge in [0.25, 0.3) is 0 Å². The molecule has 1 aromatic rings. The summed E-state index contributed by atoms with van der Waals surface area (Å²) in [7, 11) is 1.70. The lowest BCUT2D eigenvalue weighted by Crippen LogP contribution is -2.02. The van der Waals surface area contributed by atoms with E-state index in [1.807, 2.05) is 12.1 Å². The van der Waals surface area contributed by atoms with Crippen LogP contribution in [0.3, 0.4) is 0 Å². The molecule has 0 radical (unpaired) electrons. The first kappa shape index (κ1) is 14.2. The summed E-state index contributed by atoms with van der Waals surface area (Å²) in [5, 5.41) is 3.82. The molecule has 1 aliphatic rings. The molecule has 0 saturated heterocycles. The second-order valence-electron chi connectivity index (χ2n) is 4.84. The van der Waals surface area contributed by atoms with E-state index in [9.17, 15) is 0 Å². The zero-order valence-corrected chi connectivity index (χ0v) is 11.7. The first-order valence-electron chi connectivity index (χ1n) is 6.80. The van der Waals surface area contributed by atoms with Gasteiger partial charge in [0, 0.05) is 16.5 Å². The Balaban J connectivity index is 2.07. The largest absolute Gasteiger partial charge is 0.496 e. The van der Waals surface area contributed by atoms with Gasteiger partial charge in [-0.25, -0.2) is 0 Å². The standard InChI is InChI=1S/C16H19N3O/c1-3-5-13(18-19-17)10-8-12-9-11-15-14(12)6-4-7-16(15)20-2/h3-4,6-7,9,13H,1,5,8,10-11H2,2H3. The lowest BCUT2D eigenvalue weighted by Gasteiger charge is -2.11. The molecule has 4 nitrogen and oxygen atoms in total. The van der Waals surface area contributed by atoms with Crippen molar-refractivity contribution in [3.8, 4) is 5.75 Å². The van der Waals surface area contributed by atoms with Crippen LogP contribution in [-0.4, -0.2) is 13.2 Å². The number of ether oxygens (including phenoxy) is 1. The summed E-state index contributed by atoms with van der Waals surface area (Å²) >= 11 is 0. The predicted molar refractivity (Wildman–Crippen MR) is 81.7 cm³/mol. The smallest absolute Gasteiger partial charge is 0.122 e. The zero-order valence-electron chi connectivity index (χ0n) is 11.7. The lowest BCUT2D eigenvalue weighted by molar-refractivity contribution is 0.411. The fourth-order valence-corrected chi connectivity index (χ4v) is 2.65. The fourth-order valence-electron chi connectivity index (χ4n) is 2.65. The lowest BCUT2D eigenvalue weighted by atomic mass is 9.98. The van der Waals surface area contributed by atoms with Crippen LogP contribution < -0.4 is 4.74 Å². The van der Waals surface area contributed by atoms with Gasteiger partial charge < -0.3 is 4.74 Å². The maximum atomic E-state index is 8.57. The van der Waals surface area contributed by atoms with Crippen molar-refractivity contribution in [1.29, 1.82) is 0 Å². The second kappa shape index (κ2) is 6.83. The van der Waals surface area contributed by atoms with Crippen molar-refractivity contribution in [1.82, 2.24) is 0 Å². The SMILES string of the molecule is C=CCC(CCC1=CCc2c(OC)cccc21)N=[N+]=[N-]. The maximum Gasteiger partial charge on any atom is 0.122 e. The molecule has 1 aromatic carbocycles. The number of fused-ring (bicyclic) bond motifs is 1. The van der Waals surface area contributed by atoms with Crippen LogP contribution in [0.5, 0.6) is 5.75 Å². The van der Waals surface area contributed by atoms with E-state index in [1.54, 1.807) is 13.2 Å². The summed E-state index contributed by atoms with van der Waals surface area (Å²) < 4.78 is 5.39. The van der Waals surface area contributed by atoms with Crippen LogP contribution in [0.4, 0.5) is 0 Å². The number of rotatable bonds is 7. The molecule has 1 aliphatic carbocycles. The molecule has 0 heterocycles. The number of methoxy groups -OCH3 is 1. The Bertz CT molecular complexity index is 571. The molecule has 0 amide bonds. The number of azide groups is 1. The molecular formula is C16H19N3O. The summed E-state index contributed by atoms with van der Waals surface area (Å²) in [5.74, 6) is 0.950. The first-order valence-corrected chi connectivity index (χ1v) is 6.80. The van der Waals surface area contributed by atoms with Crippen LogP contribution in [0, 0.1) is 0 Å². The molecule has 0 N–H and O–H groups in total. The van der Waals surface area contributed by atoms with E-state index in [0.717, 1.165) is 31.4 Å². The van der Waals surface area contributed by atoms with E-state index in [4.69, 9.17) is 10.3 Å². The quantitative estimate of drug-likeness (QED) is 0.307. The molecule has 1 atom stereocenters. The van der Waals surface area contributed by atoms with Gasteiger partial charge in [-0.1, -0.05) is 29.4 Å². The highest BCUT2D eigenvalue weighted by Gasteiger charge is 2.18. The Morgan fingerprint density at radius 3 is 3.10 bits per heavy atom. The summed E-state index contributed by atoms with van der Waals surface area (Å²) in [6.45, 7) is 3.71. The van der Waals surface area contributed by atoms with Gasteiger partial charge in [-0.05, 0) is 48.4 Å². The number of benzene rings is 1. The molecule has 0 spiro atoms. The van der Waals surface area contributed by atoms with E-state index >= 15 is 0 Å². The molecule has 0 bridgehead atoms. The van der Waals surface area contributed by atoms with Crippen molar-refractivity contribution >= 4 is 5.57 Å². The predicted octanol–water partition coefficient (Wildman–Crippen LogP) is 4.67. The van der Waals surface area contributed by atoms with Gasteiger partial charge in [-0.3, -0.25) is 0 Å². The third kappa shape index (κ3) is 3.03. The minimum Gasteiger partial charge on any atom is -0.496 e. The van der Waals surface area contributed by atoms with Crippen molar-refractivity contribution in [3.05, 3.63) is 58.5 Å². The van der Waals surface area contributed by atoms with Gasteiger partial charge >= 0.3 is 0 Å². The van der Waals surface area contributed by atoms with Crippen molar-refractivity contribution in [2.75, 3.05) is 7.11 Å². The molecule has 0 aromatic heterocycles. The Hall–Kier alpha value is -2.19. The summed E-state index contributed by atoms with van der Waals surface area (Å²) in [6.07, 6.45) is 7.45. The average Bonchev–Trinajstić information content (AvgIpc) is 2.88. The fraction of sp³-hybridized carbons (Fsp3) is 0.375. The Kier molecular flexibility index (Phi) is 4.85. The Morgan fingerprint density at radius 1 is 1.55 bits per heavy atom. The van der Waals surface area contributed by atoms with E-state index in [-0.39, 0.29) is 6.04 Å². The van der Waals surface area contributed by atoms with Crippen molar-refractivity contribution in [2.24, 2.45) is 5.11 Å². The number of nitrogens with zero attached hydrogens (tertiary/aromatic N) is 3. The summed E-state index contributed by atoms with van der Waals surface area (Å²) in [5.41, 5.74) is 12.4. The maximum absolute atomic E-state index is 8.57. The van der Waals surface area contributed by atoms with Gasteiger partial charge in [-0.15, -0.1) is 6.58 Å². The monoisotopic (exact) mass is 269 g/mol. The number of hydrogen-bond acceptors (Lipinski definition) is 2. The first-order chi connectivity index (χ1) is 9.80. The molecule has 0 fully saturated rings. The van der Waals surface area contributed by atoms with E-state index in [1.165, 1.54) is 16.7 Å². The highest BCUT2D eigenvalue weighted by molar-refractivity contribution is 5.75.